The van der Waals surface area contributed by atoms with Gasteiger partial charge in [-0.2, -0.15) is 5.26 Å². The molecule has 0 aromatic heterocycles. The average Bonchev–Trinajstić information content (AvgIpc) is 2.66. The van der Waals surface area contributed by atoms with Crippen molar-refractivity contribution in [3.8, 4) is 6.07 Å². The number of carbonyl (C=O) groups is 1. The summed E-state index contributed by atoms with van der Waals surface area (Å²) in [6.07, 6.45) is -3.59. The molecular formula is C17H28N2O8. The van der Waals surface area contributed by atoms with Crippen molar-refractivity contribution >= 4 is 5.97 Å². The van der Waals surface area contributed by atoms with Crippen molar-refractivity contribution in [2.45, 2.75) is 62.4 Å². The molecule has 1 aliphatic rings. The number of aliphatic hydroxyl groups excluding tert-OH is 5. The number of nitriles is 1. The second-order valence-corrected chi connectivity index (χ2v) is 6.39. The average molecular weight is 388 g/mol. The van der Waals surface area contributed by atoms with E-state index in [1.807, 2.05) is 0 Å². The van der Waals surface area contributed by atoms with E-state index in [1.165, 1.54) is 0 Å². The Morgan fingerprint density at radius 3 is 2.59 bits per heavy atom. The van der Waals surface area contributed by atoms with Gasteiger partial charge in [0.25, 0.3) is 0 Å². The van der Waals surface area contributed by atoms with Crippen LogP contribution in [0.3, 0.4) is 0 Å². The first-order valence-electron chi connectivity index (χ1n) is 8.79. The van der Waals surface area contributed by atoms with E-state index in [-0.39, 0.29) is 18.7 Å². The van der Waals surface area contributed by atoms with Crippen molar-refractivity contribution in [3.63, 3.8) is 0 Å². The van der Waals surface area contributed by atoms with Crippen molar-refractivity contribution in [2.24, 2.45) is 0 Å². The molecule has 6 N–H and O–H groups in total. The van der Waals surface area contributed by atoms with Gasteiger partial charge >= 0.3 is 5.97 Å². The smallest absolute Gasteiger partial charge is 0.348 e. The van der Waals surface area contributed by atoms with Gasteiger partial charge in [-0.15, -0.1) is 0 Å². The molecule has 27 heavy (non-hydrogen) atoms. The molecule has 0 aliphatic carbocycles. The number of esters is 1. The number of hydrogen-bond donors (Lipinski definition) is 6. The lowest BCUT2D eigenvalue weighted by Crippen LogP contribution is -2.63. The van der Waals surface area contributed by atoms with E-state index in [0.717, 1.165) is 0 Å². The van der Waals surface area contributed by atoms with Crippen molar-refractivity contribution in [3.05, 3.63) is 12.2 Å². The molecule has 1 saturated heterocycles. The SMILES string of the molecule is C=C(C#N)C(=O)OCCCCCC(O)CN[C@H]1[C@@H](O)[C@H](O)[C@@H](CO)O[C@H]1O. The van der Waals surface area contributed by atoms with E-state index >= 15 is 0 Å². The van der Waals surface area contributed by atoms with Crippen LogP contribution in [0.15, 0.2) is 12.2 Å². The minimum absolute atomic E-state index is 0.0651. The lowest BCUT2D eigenvalue weighted by Gasteiger charge is -2.40. The Bertz CT molecular complexity index is 524. The number of carbonyl (C=O) groups excluding carboxylic acids is 1. The van der Waals surface area contributed by atoms with Crippen molar-refractivity contribution in [1.82, 2.24) is 5.32 Å². The summed E-state index contributed by atoms with van der Waals surface area (Å²) in [6, 6.07) is 0.610. The highest BCUT2D eigenvalue weighted by Gasteiger charge is 2.43. The maximum absolute atomic E-state index is 11.2. The maximum Gasteiger partial charge on any atom is 0.348 e. The third kappa shape index (κ3) is 7.51. The van der Waals surface area contributed by atoms with E-state index in [0.29, 0.717) is 25.7 Å². The number of rotatable bonds is 11. The Balaban J connectivity index is 2.18. The van der Waals surface area contributed by atoms with E-state index in [2.05, 4.69) is 11.9 Å². The van der Waals surface area contributed by atoms with Crippen LogP contribution in [0, 0.1) is 11.3 Å². The van der Waals surface area contributed by atoms with Crippen molar-refractivity contribution in [2.75, 3.05) is 19.8 Å². The topological polar surface area (TPSA) is 172 Å². The highest BCUT2D eigenvalue weighted by atomic mass is 16.6. The summed E-state index contributed by atoms with van der Waals surface area (Å²) in [7, 11) is 0. The highest BCUT2D eigenvalue weighted by Crippen LogP contribution is 2.19. The highest BCUT2D eigenvalue weighted by molar-refractivity contribution is 5.91. The molecule has 0 spiro atoms. The first-order chi connectivity index (χ1) is 12.8. The number of nitrogens with one attached hydrogen (secondary N) is 1. The van der Waals surface area contributed by atoms with Crippen LogP contribution in [0.25, 0.3) is 0 Å². The van der Waals surface area contributed by atoms with Gasteiger partial charge < -0.3 is 40.3 Å². The Morgan fingerprint density at radius 2 is 1.96 bits per heavy atom. The molecule has 154 valence electrons. The van der Waals surface area contributed by atoms with E-state index < -0.39 is 49.3 Å². The van der Waals surface area contributed by atoms with Crippen LogP contribution in [-0.4, -0.2) is 88.0 Å². The molecule has 10 heteroatoms. The van der Waals surface area contributed by atoms with Gasteiger partial charge in [-0.25, -0.2) is 4.79 Å². The molecule has 1 heterocycles. The Morgan fingerprint density at radius 1 is 1.26 bits per heavy atom. The third-order valence-electron chi connectivity index (χ3n) is 4.29. The summed E-state index contributed by atoms with van der Waals surface area (Å²) < 4.78 is 9.85. The number of ether oxygens (including phenoxy) is 2. The summed E-state index contributed by atoms with van der Waals surface area (Å²) >= 11 is 0. The molecular weight excluding hydrogens is 360 g/mol. The zero-order valence-corrected chi connectivity index (χ0v) is 15.0. The van der Waals surface area contributed by atoms with Crippen LogP contribution in [-0.2, 0) is 14.3 Å². The van der Waals surface area contributed by atoms with Gasteiger partial charge in [-0.05, 0) is 19.3 Å². The number of nitrogens with zero attached hydrogens (tertiary/aromatic N) is 1. The maximum atomic E-state index is 11.2. The van der Waals surface area contributed by atoms with Crippen LogP contribution < -0.4 is 5.32 Å². The predicted octanol–water partition coefficient (Wildman–Crippen LogP) is -2.08. The van der Waals surface area contributed by atoms with Crippen LogP contribution in [0.4, 0.5) is 0 Å². The fourth-order valence-corrected chi connectivity index (χ4v) is 2.65. The van der Waals surface area contributed by atoms with Gasteiger partial charge in [-0.1, -0.05) is 13.0 Å². The van der Waals surface area contributed by atoms with Gasteiger partial charge in [0, 0.05) is 6.54 Å². The quantitative estimate of drug-likeness (QED) is 0.0998. The molecule has 1 rings (SSSR count). The lowest BCUT2D eigenvalue weighted by molar-refractivity contribution is -0.254. The van der Waals surface area contributed by atoms with Gasteiger partial charge in [0.2, 0.25) is 0 Å². The zero-order valence-electron chi connectivity index (χ0n) is 15.0. The minimum Gasteiger partial charge on any atom is -0.462 e. The molecule has 0 aromatic rings. The van der Waals surface area contributed by atoms with E-state index in [4.69, 9.17) is 19.8 Å². The molecule has 1 fully saturated rings. The first-order valence-corrected chi connectivity index (χ1v) is 8.79. The lowest BCUT2D eigenvalue weighted by atomic mass is 9.97. The molecule has 0 bridgehead atoms. The van der Waals surface area contributed by atoms with Gasteiger partial charge in [0.05, 0.1) is 25.4 Å². The Labute approximate surface area is 157 Å². The van der Waals surface area contributed by atoms with Gasteiger partial charge in [-0.3, -0.25) is 0 Å². The van der Waals surface area contributed by atoms with Crippen LogP contribution >= 0.6 is 0 Å². The summed E-state index contributed by atoms with van der Waals surface area (Å²) in [6.45, 7) is 2.94. The molecule has 1 aliphatic heterocycles. The summed E-state index contributed by atoms with van der Waals surface area (Å²) in [5, 5.41) is 59.8. The first kappa shape index (κ1) is 23.5. The van der Waals surface area contributed by atoms with E-state index in [9.17, 15) is 25.2 Å². The molecule has 0 saturated carbocycles. The van der Waals surface area contributed by atoms with Gasteiger partial charge in [0.1, 0.15) is 30.0 Å². The largest absolute Gasteiger partial charge is 0.462 e. The van der Waals surface area contributed by atoms with E-state index in [1.54, 1.807) is 6.07 Å². The summed E-state index contributed by atoms with van der Waals surface area (Å²) in [5.41, 5.74) is -0.247. The number of hydrogen-bond acceptors (Lipinski definition) is 10. The van der Waals surface area contributed by atoms with Crippen LogP contribution in [0.2, 0.25) is 0 Å². The minimum atomic E-state index is -1.43. The third-order valence-corrected chi connectivity index (χ3v) is 4.29. The number of aliphatic hydroxyl groups is 5. The second-order valence-electron chi connectivity index (χ2n) is 6.39. The molecule has 0 amide bonds. The van der Waals surface area contributed by atoms with Gasteiger partial charge in [0.15, 0.2) is 6.29 Å². The fraction of sp³-hybridized carbons (Fsp3) is 0.765. The monoisotopic (exact) mass is 388 g/mol. The zero-order chi connectivity index (χ0) is 20.4. The second kappa shape index (κ2) is 12.0. The molecule has 6 atom stereocenters. The van der Waals surface area contributed by atoms with Crippen LogP contribution in [0.1, 0.15) is 25.7 Å². The standard InChI is InChI=1S/C17H28N2O8/c1-10(7-18)16(24)26-6-4-2-3-5-11(21)8-19-13-15(23)14(22)12(9-20)27-17(13)25/h11-15,17,19-23,25H,1-6,8-9H2/t11?,12-,13+,14-,15-,17-/m1/s1. The summed E-state index contributed by atoms with van der Waals surface area (Å²) in [4.78, 5) is 11.2. The fourth-order valence-electron chi connectivity index (χ4n) is 2.65. The molecule has 0 aromatic carbocycles. The van der Waals surface area contributed by atoms with Crippen molar-refractivity contribution < 1.29 is 39.8 Å². The molecule has 0 radical (unpaired) electrons. The molecule has 1 unspecified atom stereocenters. The Kier molecular flexibility index (Phi) is 10.4. The predicted molar refractivity (Wildman–Crippen MR) is 92.0 cm³/mol. The summed E-state index contributed by atoms with van der Waals surface area (Å²) in [5.74, 6) is -0.737. The Hall–Kier alpha value is -1.58. The molecule has 10 nitrogen and oxygen atoms in total. The number of unbranched alkanes of at least 4 members (excludes halogenated alkanes) is 2. The normalized spacial score (nSPS) is 29.0. The van der Waals surface area contributed by atoms with Crippen LogP contribution in [0.5, 0.6) is 0 Å². The van der Waals surface area contributed by atoms with Crippen molar-refractivity contribution in [1.29, 1.82) is 5.26 Å².